The normalized spacial score (nSPS) is 11.9. The number of methoxy groups -OCH3 is 1. The van der Waals surface area contributed by atoms with E-state index < -0.39 is 0 Å². The maximum absolute atomic E-state index is 12.7. The fraction of sp³-hybridized carbons (Fsp3) is 0.529. The van der Waals surface area contributed by atoms with Crippen molar-refractivity contribution in [2.45, 2.75) is 46.6 Å². The molecule has 1 unspecified atom stereocenters. The number of rotatable bonds is 6. The molecule has 0 aliphatic heterocycles. The molecule has 116 valence electrons. The molecule has 1 aromatic carbocycles. The Kier molecular flexibility index (Phi) is 6.40. The highest BCUT2D eigenvalue weighted by Gasteiger charge is 2.21. The highest BCUT2D eigenvalue weighted by atomic mass is 16.5. The van der Waals surface area contributed by atoms with Gasteiger partial charge in [-0.1, -0.05) is 13.0 Å². The first-order valence-corrected chi connectivity index (χ1v) is 7.35. The lowest BCUT2D eigenvalue weighted by molar-refractivity contribution is -0.140. The summed E-state index contributed by atoms with van der Waals surface area (Å²) in [5.74, 6) is -0.326. The molecule has 0 saturated carbocycles. The lowest BCUT2D eigenvalue weighted by Crippen LogP contribution is -2.39. The fourth-order valence-corrected chi connectivity index (χ4v) is 2.10. The van der Waals surface area contributed by atoms with Crippen LogP contribution in [0.1, 0.15) is 48.2 Å². The summed E-state index contributed by atoms with van der Waals surface area (Å²) in [6.07, 6.45) is 1.06. The zero-order valence-electron chi connectivity index (χ0n) is 13.6. The van der Waals surface area contributed by atoms with Gasteiger partial charge in [-0.05, 0) is 50.5 Å². The Morgan fingerprint density at radius 1 is 1.24 bits per heavy atom. The van der Waals surface area contributed by atoms with Crippen molar-refractivity contribution in [1.82, 2.24) is 4.90 Å². The zero-order chi connectivity index (χ0) is 16.0. The van der Waals surface area contributed by atoms with Crippen LogP contribution in [0.2, 0.25) is 0 Å². The second-order valence-electron chi connectivity index (χ2n) is 5.38. The van der Waals surface area contributed by atoms with Gasteiger partial charge in [0.15, 0.2) is 0 Å². The van der Waals surface area contributed by atoms with Crippen molar-refractivity contribution < 1.29 is 14.3 Å². The summed E-state index contributed by atoms with van der Waals surface area (Å²) in [5, 5.41) is 0. The van der Waals surface area contributed by atoms with E-state index in [-0.39, 0.29) is 24.3 Å². The Morgan fingerprint density at radius 2 is 1.90 bits per heavy atom. The largest absolute Gasteiger partial charge is 0.469 e. The van der Waals surface area contributed by atoms with Crippen LogP contribution in [0.3, 0.4) is 0 Å². The SMILES string of the molecule is CCC(C)N(CCC(=O)OC)C(=O)c1ccc(C)c(C)c1. The predicted octanol–water partition coefficient (Wildman–Crippen LogP) is 3.11. The van der Waals surface area contributed by atoms with E-state index in [0.29, 0.717) is 12.1 Å². The number of esters is 1. The Bertz CT molecular complexity index is 511. The number of hydrogen-bond donors (Lipinski definition) is 0. The smallest absolute Gasteiger partial charge is 0.307 e. The molecule has 1 aromatic rings. The monoisotopic (exact) mass is 291 g/mol. The molecule has 21 heavy (non-hydrogen) atoms. The molecule has 0 bridgehead atoms. The summed E-state index contributed by atoms with van der Waals surface area (Å²) < 4.78 is 4.66. The van der Waals surface area contributed by atoms with Crippen molar-refractivity contribution in [3.63, 3.8) is 0 Å². The number of aryl methyl sites for hydroxylation is 2. The lowest BCUT2D eigenvalue weighted by Gasteiger charge is -2.28. The average Bonchev–Trinajstić information content (AvgIpc) is 2.49. The van der Waals surface area contributed by atoms with Crippen LogP contribution in [-0.2, 0) is 9.53 Å². The number of carbonyl (C=O) groups excluding carboxylic acids is 2. The molecule has 0 fully saturated rings. The van der Waals surface area contributed by atoms with Crippen molar-refractivity contribution in [3.8, 4) is 0 Å². The molecule has 1 amide bonds. The number of carbonyl (C=O) groups is 2. The van der Waals surface area contributed by atoms with Crippen LogP contribution in [0.15, 0.2) is 18.2 Å². The highest BCUT2D eigenvalue weighted by Crippen LogP contribution is 2.15. The molecule has 0 heterocycles. The maximum Gasteiger partial charge on any atom is 0.307 e. The number of hydrogen-bond acceptors (Lipinski definition) is 3. The van der Waals surface area contributed by atoms with Gasteiger partial charge in [0.25, 0.3) is 5.91 Å². The molecule has 0 spiro atoms. The Morgan fingerprint density at radius 3 is 2.43 bits per heavy atom. The molecule has 1 rings (SSSR count). The van der Waals surface area contributed by atoms with Crippen LogP contribution >= 0.6 is 0 Å². The van der Waals surface area contributed by atoms with Gasteiger partial charge in [0.2, 0.25) is 0 Å². The maximum atomic E-state index is 12.7. The van der Waals surface area contributed by atoms with Crippen LogP contribution < -0.4 is 0 Å². The van der Waals surface area contributed by atoms with Crippen LogP contribution in [0.4, 0.5) is 0 Å². The molecule has 0 aliphatic rings. The summed E-state index contributed by atoms with van der Waals surface area (Å²) in [6, 6.07) is 5.80. The molecular weight excluding hydrogens is 266 g/mol. The molecule has 0 aliphatic carbocycles. The molecule has 1 atom stereocenters. The first-order chi connectivity index (χ1) is 9.90. The highest BCUT2D eigenvalue weighted by molar-refractivity contribution is 5.95. The molecule has 0 N–H and O–H groups in total. The topological polar surface area (TPSA) is 46.6 Å². The van der Waals surface area contributed by atoms with Gasteiger partial charge in [-0.2, -0.15) is 0 Å². The summed E-state index contributed by atoms with van der Waals surface area (Å²) >= 11 is 0. The summed E-state index contributed by atoms with van der Waals surface area (Å²) in [7, 11) is 1.36. The summed E-state index contributed by atoms with van der Waals surface area (Å²) in [4.78, 5) is 25.8. The lowest BCUT2D eigenvalue weighted by atomic mass is 10.0. The van der Waals surface area contributed by atoms with Crippen LogP contribution in [0.5, 0.6) is 0 Å². The van der Waals surface area contributed by atoms with Crippen molar-refractivity contribution in [2.24, 2.45) is 0 Å². The Balaban J connectivity index is 2.93. The van der Waals surface area contributed by atoms with E-state index in [1.54, 1.807) is 4.90 Å². The van der Waals surface area contributed by atoms with E-state index in [2.05, 4.69) is 4.74 Å². The second-order valence-corrected chi connectivity index (χ2v) is 5.38. The third-order valence-corrected chi connectivity index (χ3v) is 3.92. The van der Waals surface area contributed by atoms with Gasteiger partial charge in [0.05, 0.1) is 13.5 Å². The van der Waals surface area contributed by atoms with E-state index in [1.807, 2.05) is 45.9 Å². The van der Waals surface area contributed by atoms with Crippen LogP contribution in [-0.4, -0.2) is 36.5 Å². The van der Waals surface area contributed by atoms with Crippen LogP contribution in [0, 0.1) is 13.8 Å². The van der Waals surface area contributed by atoms with E-state index >= 15 is 0 Å². The van der Waals surface area contributed by atoms with E-state index in [9.17, 15) is 9.59 Å². The molecule has 0 saturated heterocycles. The van der Waals surface area contributed by atoms with Crippen molar-refractivity contribution in [2.75, 3.05) is 13.7 Å². The summed E-state index contributed by atoms with van der Waals surface area (Å²) in [5.41, 5.74) is 2.93. The fourth-order valence-electron chi connectivity index (χ4n) is 2.10. The Hall–Kier alpha value is -1.84. The minimum Gasteiger partial charge on any atom is -0.469 e. The van der Waals surface area contributed by atoms with Gasteiger partial charge in [0.1, 0.15) is 0 Å². The van der Waals surface area contributed by atoms with E-state index in [0.717, 1.165) is 17.5 Å². The summed E-state index contributed by atoms with van der Waals surface area (Å²) in [6.45, 7) is 8.43. The second kappa shape index (κ2) is 7.81. The standard InChI is InChI=1S/C17H25NO3/c1-6-14(4)18(10-9-16(19)21-5)17(20)15-8-7-12(2)13(3)11-15/h7-8,11,14H,6,9-10H2,1-5H3. The van der Waals surface area contributed by atoms with Gasteiger partial charge in [-0.3, -0.25) is 9.59 Å². The minimum absolute atomic E-state index is 0.0312. The Labute approximate surface area is 127 Å². The number of benzene rings is 1. The van der Waals surface area contributed by atoms with Gasteiger partial charge >= 0.3 is 5.97 Å². The predicted molar refractivity (Wildman–Crippen MR) is 83.3 cm³/mol. The number of ether oxygens (including phenoxy) is 1. The first kappa shape index (κ1) is 17.2. The molecule has 4 nitrogen and oxygen atoms in total. The number of nitrogens with zero attached hydrogens (tertiary/aromatic N) is 1. The molecule has 0 aromatic heterocycles. The van der Waals surface area contributed by atoms with E-state index in [1.165, 1.54) is 7.11 Å². The van der Waals surface area contributed by atoms with Gasteiger partial charge in [0, 0.05) is 18.2 Å². The van der Waals surface area contributed by atoms with Crippen molar-refractivity contribution >= 4 is 11.9 Å². The third kappa shape index (κ3) is 4.59. The molecular formula is C17H25NO3. The molecule has 4 heteroatoms. The zero-order valence-corrected chi connectivity index (χ0v) is 13.6. The average molecular weight is 291 g/mol. The minimum atomic E-state index is -0.295. The third-order valence-electron chi connectivity index (χ3n) is 3.92. The first-order valence-electron chi connectivity index (χ1n) is 7.35. The number of amides is 1. The van der Waals surface area contributed by atoms with Crippen molar-refractivity contribution in [3.05, 3.63) is 34.9 Å². The van der Waals surface area contributed by atoms with Crippen molar-refractivity contribution in [1.29, 1.82) is 0 Å². The van der Waals surface area contributed by atoms with Gasteiger partial charge in [-0.25, -0.2) is 0 Å². The quantitative estimate of drug-likeness (QED) is 0.757. The van der Waals surface area contributed by atoms with E-state index in [4.69, 9.17) is 0 Å². The van der Waals surface area contributed by atoms with Gasteiger partial charge < -0.3 is 9.64 Å². The van der Waals surface area contributed by atoms with Crippen LogP contribution in [0.25, 0.3) is 0 Å². The molecule has 0 radical (unpaired) electrons. The van der Waals surface area contributed by atoms with Gasteiger partial charge in [-0.15, -0.1) is 0 Å².